The molecule has 0 spiro atoms. The first-order valence-corrected chi connectivity index (χ1v) is 4.67. The molecule has 0 aliphatic rings. The Balaban J connectivity index is 2.79. The molecule has 0 aliphatic heterocycles. The summed E-state index contributed by atoms with van der Waals surface area (Å²) in [7, 11) is 1.23. The molecule has 0 fully saturated rings. The summed E-state index contributed by atoms with van der Waals surface area (Å²) in [4.78, 5) is 20.7. The Morgan fingerprint density at radius 1 is 1.41 bits per heavy atom. The molecule has 7 nitrogen and oxygen atoms in total. The first-order valence-electron chi connectivity index (χ1n) is 4.67. The van der Waals surface area contributed by atoms with Gasteiger partial charge in [-0.2, -0.15) is 5.10 Å². The fraction of sp³-hybridized carbons (Fsp3) is 0.200. The van der Waals surface area contributed by atoms with E-state index in [2.05, 4.69) is 15.3 Å². The topological polar surface area (TPSA) is 93.8 Å². The number of non-ortho nitro benzene ring substituents is 1. The standard InChI is InChI=1S/C10H11N3O4/c1-7(11-12-10(14)17-2)8-3-5-9(6-4-8)13(15)16/h3-6H,1-2H3,(H,12,14)/b11-7-. The van der Waals surface area contributed by atoms with Crippen molar-refractivity contribution >= 4 is 17.5 Å². The Hall–Kier alpha value is -2.44. The summed E-state index contributed by atoms with van der Waals surface area (Å²) < 4.78 is 4.34. The number of carbonyl (C=O) groups excluding carboxylic acids is 1. The molecule has 0 aliphatic carbocycles. The van der Waals surface area contributed by atoms with E-state index in [-0.39, 0.29) is 5.69 Å². The van der Waals surface area contributed by atoms with Crippen LogP contribution in [0.2, 0.25) is 0 Å². The normalized spacial score (nSPS) is 10.8. The monoisotopic (exact) mass is 237 g/mol. The van der Waals surface area contributed by atoms with Gasteiger partial charge in [0, 0.05) is 12.1 Å². The van der Waals surface area contributed by atoms with Crippen LogP contribution in [0.15, 0.2) is 29.4 Å². The highest BCUT2D eigenvalue weighted by molar-refractivity contribution is 5.99. The summed E-state index contributed by atoms with van der Waals surface area (Å²) in [6, 6.07) is 5.84. The van der Waals surface area contributed by atoms with E-state index in [9.17, 15) is 14.9 Å². The van der Waals surface area contributed by atoms with Crippen LogP contribution < -0.4 is 5.43 Å². The summed E-state index contributed by atoms with van der Waals surface area (Å²) >= 11 is 0. The van der Waals surface area contributed by atoms with Crippen molar-refractivity contribution in [1.82, 2.24) is 5.43 Å². The number of nitrogens with zero attached hydrogens (tertiary/aromatic N) is 2. The number of amides is 1. The Bertz CT molecular complexity index is 453. The summed E-state index contributed by atoms with van der Waals surface area (Å²) in [5, 5.41) is 14.2. The third kappa shape index (κ3) is 3.56. The molecule has 0 atom stereocenters. The maximum absolute atomic E-state index is 10.8. The van der Waals surface area contributed by atoms with Gasteiger partial charge in [0.15, 0.2) is 0 Å². The van der Waals surface area contributed by atoms with Crippen LogP contribution in [-0.2, 0) is 4.74 Å². The van der Waals surface area contributed by atoms with Gasteiger partial charge in [-0.25, -0.2) is 10.2 Å². The van der Waals surface area contributed by atoms with E-state index in [4.69, 9.17) is 0 Å². The Morgan fingerprint density at radius 3 is 2.47 bits per heavy atom. The lowest BCUT2D eigenvalue weighted by molar-refractivity contribution is -0.384. The van der Waals surface area contributed by atoms with E-state index in [1.807, 2.05) is 0 Å². The second kappa shape index (κ2) is 5.59. The van der Waals surface area contributed by atoms with Gasteiger partial charge in [-0.05, 0) is 24.6 Å². The second-order valence-electron chi connectivity index (χ2n) is 3.10. The zero-order chi connectivity index (χ0) is 12.8. The molecule has 1 aromatic rings. The van der Waals surface area contributed by atoms with Crippen molar-refractivity contribution in [2.75, 3.05) is 7.11 Å². The smallest absolute Gasteiger partial charge is 0.427 e. The molecular weight excluding hydrogens is 226 g/mol. The average molecular weight is 237 g/mol. The molecular formula is C10H11N3O4. The van der Waals surface area contributed by atoms with E-state index in [1.165, 1.54) is 19.2 Å². The molecule has 1 amide bonds. The van der Waals surface area contributed by atoms with Crippen molar-refractivity contribution in [1.29, 1.82) is 0 Å². The summed E-state index contributed by atoms with van der Waals surface area (Å²) in [5.41, 5.74) is 3.36. The van der Waals surface area contributed by atoms with Gasteiger partial charge < -0.3 is 4.74 Å². The van der Waals surface area contributed by atoms with Crippen LogP contribution >= 0.6 is 0 Å². The second-order valence-corrected chi connectivity index (χ2v) is 3.10. The molecule has 0 radical (unpaired) electrons. The number of ether oxygens (including phenoxy) is 1. The zero-order valence-electron chi connectivity index (χ0n) is 9.34. The molecule has 0 heterocycles. The van der Waals surface area contributed by atoms with Crippen LogP contribution in [-0.4, -0.2) is 23.8 Å². The van der Waals surface area contributed by atoms with Crippen molar-refractivity contribution in [2.45, 2.75) is 6.92 Å². The quantitative estimate of drug-likeness (QED) is 0.491. The maximum atomic E-state index is 10.8. The third-order valence-electron chi connectivity index (χ3n) is 2.00. The Kier molecular flexibility index (Phi) is 4.15. The number of methoxy groups -OCH3 is 1. The number of benzene rings is 1. The zero-order valence-corrected chi connectivity index (χ0v) is 9.34. The number of nitrogens with one attached hydrogen (secondary N) is 1. The predicted octanol–water partition coefficient (Wildman–Crippen LogP) is 1.67. The maximum Gasteiger partial charge on any atom is 0.427 e. The highest BCUT2D eigenvalue weighted by Gasteiger charge is 2.05. The van der Waals surface area contributed by atoms with Gasteiger partial charge in [-0.1, -0.05) is 0 Å². The van der Waals surface area contributed by atoms with E-state index in [0.717, 1.165) is 0 Å². The van der Waals surface area contributed by atoms with Gasteiger partial charge >= 0.3 is 6.09 Å². The minimum atomic E-state index is -0.675. The molecule has 1 N–H and O–H groups in total. The van der Waals surface area contributed by atoms with Crippen molar-refractivity contribution in [3.05, 3.63) is 39.9 Å². The molecule has 0 aromatic heterocycles. The number of nitro benzene ring substituents is 1. The van der Waals surface area contributed by atoms with Crippen LogP contribution in [0.1, 0.15) is 12.5 Å². The van der Waals surface area contributed by atoms with Crippen LogP contribution in [0.4, 0.5) is 10.5 Å². The number of hydrogen-bond acceptors (Lipinski definition) is 5. The molecule has 1 rings (SSSR count). The van der Waals surface area contributed by atoms with E-state index >= 15 is 0 Å². The third-order valence-corrected chi connectivity index (χ3v) is 2.00. The predicted molar refractivity (Wildman–Crippen MR) is 60.8 cm³/mol. The minimum absolute atomic E-state index is 0.00229. The fourth-order valence-electron chi connectivity index (χ4n) is 1.06. The lowest BCUT2D eigenvalue weighted by Gasteiger charge is -2.01. The summed E-state index contributed by atoms with van der Waals surface area (Å²) in [6.45, 7) is 1.66. The number of carbonyl (C=O) groups is 1. The first-order chi connectivity index (χ1) is 8.04. The first kappa shape index (κ1) is 12.6. The van der Waals surface area contributed by atoms with E-state index in [0.29, 0.717) is 11.3 Å². The van der Waals surface area contributed by atoms with Crippen LogP contribution in [0.5, 0.6) is 0 Å². The molecule has 0 unspecified atom stereocenters. The number of hydrogen-bond donors (Lipinski definition) is 1. The summed E-state index contributed by atoms with van der Waals surface area (Å²) in [6.07, 6.45) is -0.675. The van der Waals surface area contributed by atoms with Crippen molar-refractivity contribution in [2.24, 2.45) is 5.10 Å². The van der Waals surface area contributed by atoms with Crippen molar-refractivity contribution in [3.8, 4) is 0 Å². The summed E-state index contributed by atoms with van der Waals surface area (Å²) in [5.74, 6) is 0. The highest BCUT2D eigenvalue weighted by atomic mass is 16.6. The van der Waals surface area contributed by atoms with Gasteiger partial charge in [0.1, 0.15) is 0 Å². The number of nitro groups is 1. The highest BCUT2D eigenvalue weighted by Crippen LogP contribution is 2.12. The molecule has 0 saturated carbocycles. The molecule has 0 bridgehead atoms. The number of hydrazone groups is 1. The van der Waals surface area contributed by atoms with E-state index in [1.54, 1.807) is 19.1 Å². The van der Waals surface area contributed by atoms with Crippen LogP contribution in [0, 0.1) is 10.1 Å². The largest absolute Gasteiger partial charge is 0.452 e. The fourth-order valence-corrected chi connectivity index (χ4v) is 1.06. The van der Waals surface area contributed by atoms with Crippen LogP contribution in [0.25, 0.3) is 0 Å². The van der Waals surface area contributed by atoms with Gasteiger partial charge in [0.25, 0.3) is 5.69 Å². The van der Waals surface area contributed by atoms with Gasteiger partial charge in [-0.15, -0.1) is 0 Å². The van der Waals surface area contributed by atoms with E-state index < -0.39 is 11.0 Å². The van der Waals surface area contributed by atoms with Crippen molar-refractivity contribution in [3.63, 3.8) is 0 Å². The lowest BCUT2D eigenvalue weighted by atomic mass is 10.1. The van der Waals surface area contributed by atoms with Gasteiger partial charge in [-0.3, -0.25) is 10.1 Å². The average Bonchev–Trinajstić information content (AvgIpc) is 2.35. The molecule has 7 heteroatoms. The minimum Gasteiger partial charge on any atom is -0.452 e. The molecule has 90 valence electrons. The Labute approximate surface area is 97.2 Å². The number of rotatable bonds is 3. The van der Waals surface area contributed by atoms with Gasteiger partial charge in [0.05, 0.1) is 17.7 Å². The lowest BCUT2D eigenvalue weighted by Crippen LogP contribution is -2.18. The van der Waals surface area contributed by atoms with Crippen molar-refractivity contribution < 1.29 is 14.5 Å². The Morgan fingerprint density at radius 2 is 2.00 bits per heavy atom. The molecule has 0 saturated heterocycles. The molecule has 17 heavy (non-hydrogen) atoms. The van der Waals surface area contributed by atoms with Gasteiger partial charge in [0.2, 0.25) is 0 Å². The van der Waals surface area contributed by atoms with Crippen LogP contribution in [0.3, 0.4) is 0 Å². The SMILES string of the molecule is COC(=O)N/N=C(/C)c1ccc([N+](=O)[O-])cc1. The molecule has 1 aromatic carbocycles.